The highest BCUT2D eigenvalue weighted by Gasteiger charge is 2.12. The second kappa shape index (κ2) is 8.70. The van der Waals surface area contributed by atoms with Crippen LogP contribution in [0.25, 0.3) is 0 Å². The third-order valence-corrected chi connectivity index (χ3v) is 4.11. The monoisotopic (exact) mass is 393 g/mol. The molecular formula is C18H20BrNO4. The fourth-order valence-corrected chi connectivity index (χ4v) is 3.03. The lowest BCUT2D eigenvalue weighted by Gasteiger charge is -2.13. The number of benzene rings is 2. The Morgan fingerprint density at radius 3 is 2.42 bits per heavy atom. The van der Waals surface area contributed by atoms with Crippen LogP contribution >= 0.6 is 15.9 Å². The number of quaternary nitrogens is 1. The van der Waals surface area contributed by atoms with Crippen LogP contribution in [0.1, 0.15) is 28.4 Å². The maximum Gasteiger partial charge on any atom is 0.174 e. The van der Waals surface area contributed by atoms with E-state index in [4.69, 9.17) is 9.47 Å². The van der Waals surface area contributed by atoms with E-state index < -0.39 is 5.97 Å². The zero-order valence-electron chi connectivity index (χ0n) is 13.7. The molecule has 0 saturated heterocycles. The molecule has 0 bridgehead atoms. The molecule has 0 unspecified atom stereocenters. The molecular weight excluding hydrogens is 374 g/mol. The third-order valence-electron chi connectivity index (χ3n) is 3.52. The van der Waals surface area contributed by atoms with Crippen LogP contribution in [0, 0.1) is 0 Å². The number of hydrogen-bond acceptors (Lipinski definition) is 4. The first-order valence-electron chi connectivity index (χ1n) is 7.66. The number of carboxylic acids is 1. The molecule has 0 saturated carbocycles. The van der Waals surface area contributed by atoms with Crippen LogP contribution in [0.3, 0.4) is 0 Å². The summed E-state index contributed by atoms with van der Waals surface area (Å²) in [5.74, 6) is 0.256. The maximum atomic E-state index is 10.7. The number of carbonyl (C=O) groups is 1. The molecule has 2 N–H and O–H groups in total. The number of rotatable bonds is 8. The Bertz CT molecular complexity index is 701. The Labute approximate surface area is 149 Å². The lowest BCUT2D eigenvalue weighted by Crippen LogP contribution is -2.80. The molecule has 0 spiro atoms. The summed E-state index contributed by atoms with van der Waals surface area (Å²) >= 11 is 3.51. The minimum atomic E-state index is -1.16. The molecule has 0 aliphatic carbocycles. The average Bonchev–Trinajstić information content (AvgIpc) is 2.55. The number of ether oxygens (including phenoxy) is 2. The first-order valence-corrected chi connectivity index (χ1v) is 8.45. The Kier molecular flexibility index (Phi) is 6.63. The molecule has 0 heterocycles. The predicted octanol–water partition coefficient (Wildman–Crippen LogP) is 1.48. The highest BCUT2D eigenvalue weighted by atomic mass is 79.9. The van der Waals surface area contributed by atoms with Crippen molar-refractivity contribution in [3.63, 3.8) is 0 Å². The number of halogens is 1. The number of carbonyl (C=O) groups excluding carboxylic acids is 1. The Morgan fingerprint density at radius 1 is 1.17 bits per heavy atom. The summed E-state index contributed by atoms with van der Waals surface area (Å²) in [4.78, 5) is 10.7. The summed E-state index contributed by atoms with van der Waals surface area (Å²) in [7, 11) is 1.62. The molecule has 0 amide bonds. The predicted molar refractivity (Wildman–Crippen MR) is 92.0 cm³/mol. The smallest absolute Gasteiger partial charge is 0.174 e. The molecule has 2 aromatic rings. The van der Waals surface area contributed by atoms with Gasteiger partial charge >= 0.3 is 0 Å². The molecule has 5 nitrogen and oxygen atoms in total. The Balaban J connectivity index is 2.00. The summed E-state index contributed by atoms with van der Waals surface area (Å²) in [5.41, 5.74) is 2.36. The summed E-state index contributed by atoms with van der Waals surface area (Å²) < 4.78 is 11.8. The van der Waals surface area contributed by atoms with Crippen molar-refractivity contribution >= 4 is 21.9 Å². The van der Waals surface area contributed by atoms with E-state index in [2.05, 4.69) is 21.2 Å². The first-order chi connectivity index (χ1) is 11.5. The molecule has 6 heteroatoms. The van der Waals surface area contributed by atoms with Gasteiger partial charge in [-0.05, 0) is 40.5 Å². The minimum absolute atomic E-state index is 0.194. The van der Waals surface area contributed by atoms with Crippen LogP contribution < -0.4 is 19.9 Å². The molecule has 2 aromatic carbocycles. The van der Waals surface area contributed by atoms with Crippen molar-refractivity contribution < 1.29 is 24.7 Å². The second-order valence-electron chi connectivity index (χ2n) is 5.22. The van der Waals surface area contributed by atoms with Crippen LogP contribution in [0.4, 0.5) is 0 Å². The highest BCUT2D eigenvalue weighted by Crippen LogP contribution is 2.36. The van der Waals surface area contributed by atoms with Crippen molar-refractivity contribution in [2.45, 2.75) is 20.0 Å². The van der Waals surface area contributed by atoms with Gasteiger partial charge in [0.05, 0.1) is 24.2 Å². The Morgan fingerprint density at radius 2 is 1.83 bits per heavy atom. The van der Waals surface area contributed by atoms with E-state index in [1.165, 1.54) is 0 Å². The van der Waals surface area contributed by atoms with Gasteiger partial charge in [-0.2, -0.15) is 0 Å². The number of methoxy groups -OCH3 is 1. The summed E-state index contributed by atoms with van der Waals surface area (Å²) in [6.45, 7) is 4.02. The van der Waals surface area contributed by atoms with Gasteiger partial charge in [0, 0.05) is 11.1 Å². The maximum absolute atomic E-state index is 10.7. The van der Waals surface area contributed by atoms with Gasteiger partial charge in [0.25, 0.3) is 0 Å². The number of aromatic carboxylic acids is 1. The van der Waals surface area contributed by atoms with E-state index in [1.807, 2.05) is 19.1 Å². The van der Waals surface area contributed by atoms with Gasteiger partial charge in [-0.1, -0.05) is 24.3 Å². The van der Waals surface area contributed by atoms with Crippen molar-refractivity contribution in [2.24, 2.45) is 0 Å². The molecule has 0 aliphatic heterocycles. The normalized spacial score (nSPS) is 10.5. The zero-order chi connectivity index (χ0) is 17.5. The van der Waals surface area contributed by atoms with Crippen molar-refractivity contribution in [2.75, 3.05) is 13.7 Å². The summed E-state index contributed by atoms with van der Waals surface area (Å²) in [6, 6.07) is 10.7. The second-order valence-corrected chi connectivity index (χ2v) is 6.08. The van der Waals surface area contributed by atoms with Gasteiger partial charge in [0.2, 0.25) is 0 Å². The van der Waals surface area contributed by atoms with E-state index in [-0.39, 0.29) is 5.56 Å². The van der Waals surface area contributed by atoms with Gasteiger partial charge in [0.1, 0.15) is 13.1 Å². The Hall–Kier alpha value is -2.05. The largest absolute Gasteiger partial charge is 0.545 e. The van der Waals surface area contributed by atoms with Crippen LogP contribution in [0.2, 0.25) is 0 Å². The van der Waals surface area contributed by atoms with Crippen LogP contribution in [-0.4, -0.2) is 19.7 Å². The summed E-state index contributed by atoms with van der Waals surface area (Å²) in [6.07, 6.45) is 0. The molecule has 0 atom stereocenters. The van der Waals surface area contributed by atoms with Gasteiger partial charge in [-0.15, -0.1) is 0 Å². The third kappa shape index (κ3) is 4.72. The van der Waals surface area contributed by atoms with Crippen LogP contribution in [0.5, 0.6) is 11.5 Å². The zero-order valence-corrected chi connectivity index (χ0v) is 15.3. The van der Waals surface area contributed by atoms with Gasteiger partial charge in [0.15, 0.2) is 11.5 Å². The van der Waals surface area contributed by atoms with E-state index in [0.717, 1.165) is 34.4 Å². The minimum Gasteiger partial charge on any atom is -0.545 e. The van der Waals surface area contributed by atoms with Crippen molar-refractivity contribution in [1.82, 2.24) is 0 Å². The van der Waals surface area contributed by atoms with E-state index in [1.54, 1.807) is 31.4 Å². The standard InChI is InChI=1S/C18H20BrNO4/c1-3-24-16-9-13(8-15(19)17(16)23-2)11-20-10-12-4-6-14(7-5-12)18(21)22/h4-9,20H,3,10-11H2,1-2H3,(H,21,22). The molecule has 2 rings (SSSR count). The highest BCUT2D eigenvalue weighted by molar-refractivity contribution is 9.10. The lowest BCUT2D eigenvalue weighted by atomic mass is 10.1. The molecule has 0 aromatic heterocycles. The molecule has 0 radical (unpaired) electrons. The van der Waals surface area contributed by atoms with Gasteiger partial charge in [-0.25, -0.2) is 0 Å². The van der Waals surface area contributed by atoms with E-state index in [9.17, 15) is 9.90 Å². The fraction of sp³-hybridized carbons (Fsp3) is 0.278. The number of nitrogens with two attached hydrogens (primary N) is 1. The van der Waals surface area contributed by atoms with Crippen molar-refractivity contribution in [3.8, 4) is 11.5 Å². The van der Waals surface area contributed by atoms with E-state index in [0.29, 0.717) is 12.4 Å². The molecule has 24 heavy (non-hydrogen) atoms. The molecule has 128 valence electrons. The number of hydrogen-bond donors (Lipinski definition) is 1. The first kappa shape index (κ1) is 18.3. The van der Waals surface area contributed by atoms with Gasteiger partial charge < -0.3 is 24.7 Å². The van der Waals surface area contributed by atoms with Gasteiger partial charge in [-0.3, -0.25) is 0 Å². The molecule has 0 fully saturated rings. The quantitative estimate of drug-likeness (QED) is 0.736. The number of carboxylic acid groups (broad SMARTS) is 1. The van der Waals surface area contributed by atoms with E-state index >= 15 is 0 Å². The van der Waals surface area contributed by atoms with Crippen molar-refractivity contribution in [3.05, 3.63) is 57.6 Å². The van der Waals surface area contributed by atoms with Crippen LogP contribution in [0.15, 0.2) is 40.9 Å². The average molecular weight is 394 g/mol. The molecule has 0 aliphatic rings. The SMILES string of the molecule is CCOc1cc(C[NH2+]Cc2ccc(C(=O)[O-])cc2)cc(Br)c1OC. The topological polar surface area (TPSA) is 75.2 Å². The lowest BCUT2D eigenvalue weighted by molar-refractivity contribution is -0.686. The van der Waals surface area contributed by atoms with Crippen molar-refractivity contribution in [1.29, 1.82) is 0 Å². The fourth-order valence-electron chi connectivity index (χ4n) is 2.38. The van der Waals surface area contributed by atoms with Crippen LogP contribution in [-0.2, 0) is 13.1 Å². The summed E-state index contributed by atoms with van der Waals surface area (Å²) in [5, 5.41) is 12.9.